The number of carbonyl (C=O) groups excluding carboxylic acids is 1. The molecule has 1 saturated heterocycles. The van der Waals surface area contributed by atoms with E-state index in [9.17, 15) is 9.90 Å². The molecule has 1 N–H and O–H groups in total. The van der Waals surface area contributed by atoms with Crippen molar-refractivity contribution in [1.29, 1.82) is 0 Å². The molecule has 1 fully saturated rings. The van der Waals surface area contributed by atoms with E-state index in [-0.39, 0.29) is 11.9 Å². The molecule has 1 unspecified atom stereocenters. The van der Waals surface area contributed by atoms with Gasteiger partial charge in [-0.3, -0.25) is 9.48 Å². The van der Waals surface area contributed by atoms with Gasteiger partial charge in [0, 0.05) is 17.8 Å². The molecule has 134 valence electrons. The summed E-state index contributed by atoms with van der Waals surface area (Å²) in [6, 6.07) is 9.66. The summed E-state index contributed by atoms with van der Waals surface area (Å²) in [4.78, 5) is 14.8. The van der Waals surface area contributed by atoms with Crippen molar-refractivity contribution < 1.29 is 9.90 Å². The number of carbonyl (C=O) groups is 1. The van der Waals surface area contributed by atoms with E-state index in [1.807, 2.05) is 53.8 Å². The molecule has 3 rings (SSSR count). The van der Waals surface area contributed by atoms with E-state index in [1.54, 1.807) is 13.8 Å². The predicted octanol–water partition coefficient (Wildman–Crippen LogP) is 2.92. The third-order valence-corrected chi connectivity index (χ3v) is 4.94. The first-order valence-corrected chi connectivity index (χ1v) is 8.89. The summed E-state index contributed by atoms with van der Waals surface area (Å²) in [5.41, 5.74) is 2.95. The van der Waals surface area contributed by atoms with Gasteiger partial charge in [-0.15, -0.1) is 0 Å². The molecule has 25 heavy (non-hydrogen) atoms. The minimum absolute atomic E-state index is 0.000146. The smallest absolute Gasteiger partial charge is 0.254 e. The number of hydrogen-bond acceptors (Lipinski definition) is 3. The average Bonchev–Trinajstić information content (AvgIpc) is 3.14. The molecule has 0 saturated carbocycles. The van der Waals surface area contributed by atoms with E-state index in [0.717, 1.165) is 29.8 Å². The Morgan fingerprint density at radius 3 is 2.72 bits per heavy atom. The number of benzene rings is 1. The minimum atomic E-state index is -0.881. The van der Waals surface area contributed by atoms with Gasteiger partial charge in [-0.25, -0.2) is 0 Å². The first-order chi connectivity index (χ1) is 11.8. The molecule has 1 aliphatic rings. The number of hydrogen-bond donors (Lipinski definition) is 1. The fourth-order valence-corrected chi connectivity index (χ4v) is 3.72. The molecule has 0 radical (unpaired) electrons. The number of amides is 1. The van der Waals surface area contributed by atoms with Crippen LogP contribution < -0.4 is 0 Å². The molecule has 1 aromatic heterocycles. The molecule has 0 bridgehead atoms. The van der Waals surface area contributed by atoms with Crippen LogP contribution in [0.25, 0.3) is 0 Å². The van der Waals surface area contributed by atoms with Gasteiger partial charge in [-0.1, -0.05) is 12.1 Å². The molecular weight excluding hydrogens is 314 g/mol. The highest BCUT2D eigenvalue weighted by atomic mass is 16.3. The van der Waals surface area contributed by atoms with Crippen molar-refractivity contribution >= 4 is 5.91 Å². The first kappa shape index (κ1) is 17.7. The second kappa shape index (κ2) is 6.64. The molecule has 1 atom stereocenters. The van der Waals surface area contributed by atoms with Crippen LogP contribution in [0.5, 0.6) is 0 Å². The van der Waals surface area contributed by atoms with Crippen LogP contribution in [0.15, 0.2) is 30.3 Å². The van der Waals surface area contributed by atoms with Crippen LogP contribution in [0.1, 0.15) is 54.0 Å². The average molecular weight is 341 g/mol. The second-order valence-corrected chi connectivity index (χ2v) is 7.60. The number of aryl methyl sites for hydroxylation is 2. The summed E-state index contributed by atoms with van der Waals surface area (Å²) in [7, 11) is 0. The number of aromatic nitrogens is 2. The maximum Gasteiger partial charge on any atom is 0.254 e. The Labute approximate surface area is 149 Å². The highest BCUT2D eigenvalue weighted by Gasteiger charge is 2.38. The van der Waals surface area contributed by atoms with Gasteiger partial charge in [-0.2, -0.15) is 5.10 Å². The van der Waals surface area contributed by atoms with E-state index in [1.165, 1.54) is 0 Å². The van der Waals surface area contributed by atoms with Crippen LogP contribution in [0.3, 0.4) is 0 Å². The van der Waals surface area contributed by atoms with Crippen LogP contribution in [0, 0.1) is 13.8 Å². The summed E-state index contributed by atoms with van der Waals surface area (Å²) in [6.07, 6.45) is 1.78. The van der Waals surface area contributed by atoms with Gasteiger partial charge in [0.2, 0.25) is 0 Å². The molecule has 1 aromatic carbocycles. The van der Waals surface area contributed by atoms with E-state index < -0.39 is 5.60 Å². The SMILES string of the molecule is Cc1cc(C)n(Cc2cccc(C(=O)N3CCCC3C(C)(C)O)c2)n1. The number of likely N-dealkylation sites (tertiary alicyclic amines) is 1. The molecule has 1 amide bonds. The lowest BCUT2D eigenvalue weighted by molar-refractivity contribution is 0.000333. The predicted molar refractivity (Wildman–Crippen MR) is 97.6 cm³/mol. The van der Waals surface area contributed by atoms with Crippen molar-refractivity contribution in [2.75, 3.05) is 6.54 Å². The van der Waals surface area contributed by atoms with Crippen molar-refractivity contribution in [2.24, 2.45) is 0 Å². The van der Waals surface area contributed by atoms with E-state index in [2.05, 4.69) is 5.10 Å². The zero-order chi connectivity index (χ0) is 18.2. The Morgan fingerprint density at radius 2 is 2.08 bits per heavy atom. The van der Waals surface area contributed by atoms with Gasteiger partial charge in [0.25, 0.3) is 5.91 Å². The lowest BCUT2D eigenvalue weighted by Crippen LogP contribution is -2.48. The number of aliphatic hydroxyl groups is 1. The maximum absolute atomic E-state index is 13.0. The molecule has 0 aliphatic carbocycles. The van der Waals surface area contributed by atoms with E-state index in [4.69, 9.17) is 0 Å². The summed E-state index contributed by atoms with van der Waals surface area (Å²) in [5, 5.41) is 14.9. The van der Waals surface area contributed by atoms with Crippen molar-refractivity contribution in [1.82, 2.24) is 14.7 Å². The first-order valence-electron chi connectivity index (χ1n) is 8.89. The summed E-state index contributed by atoms with van der Waals surface area (Å²) in [5.74, 6) is -0.000146. The van der Waals surface area contributed by atoms with E-state index >= 15 is 0 Å². The Kier molecular flexibility index (Phi) is 4.69. The normalized spacial score (nSPS) is 18.0. The number of rotatable bonds is 4. The molecule has 2 heterocycles. The Bertz CT molecular complexity index is 773. The van der Waals surface area contributed by atoms with Crippen LogP contribution in [0.4, 0.5) is 0 Å². The van der Waals surface area contributed by atoms with Crippen molar-refractivity contribution in [3.63, 3.8) is 0 Å². The quantitative estimate of drug-likeness (QED) is 0.930. The fourth-order valence-electron chi connectivity index (χ4n) is 3.72. The standard InChI is InChI=1S/C20H27N3O2/c1-14-11-15(2)23(21-14)13-16-7-5-8-17(12-16)19(24)22-10-6-9-18(22)20(3,4)25/h5,7-8,11-12,18,25H,6,9-10,13H2,1-4H3. The zero-order valence-electron chi connectivity index (χ0n) is 15.5. The third-order valence-electron chi connectivity index (χ3n) is 4.94. The van der Waals surface area contributed by atoms with Crippen molar-refractivity contribution in [2.45, 2.75) is 58.7 Å². The lowest BCUT2D eigenvalue weighted by atomic mass is 9.96. The highest BCUT2D eigenvalue weighted by molar-refractivity contribution is 5.94. The second-order valence-electron chi connectivity index (χ2n) is 7.60. The van der Waals surface area contributed by atoms with Gasteiger partial charge in [0.05, 0.1) is 23.9 Å². The maximum atomic E-state index is 13.0. The summed E-state index contributed by atoms with van der Waals surface area (Å²) >= 11 is 0. The monoisotopic (exact) mass is 341 g/mol. The van der Waals surface area contributed by atoms with Crippen LogP contribution in [-0.2, 0) is 6.54 Å². The van der Waals surface area contributed by atoms with Crippen LogP contribution in [0.2, 0.25) is 0 Å². The van der Waals surface area contributed by atoms with Crippen molar-refractivity contribution in [3.05, 3.63) is 52.8 Å². The highest BCUT2D eigenvalue weighted by Crippen LogP contribution is 2.28. The lowest BCUT2D eigenvalue weighted by Gasteiger charge is -2.34. The van der Waals surface area contributed by atoms with Crippen molar-refractivity contribution in [3.8, 4) is 0 Å². The number of nitrogens with zero attached hydrogens (tertiary/aromatic N) is 3. The van der Waals surface area contributed by atoms with E-state index in [0.29, 0.717) is 18.7 Å². The molecular formula is C20H27N3O2. The fraction of sp³-hybridized carbons (Fsp3) is 0.500. The van der Waals surface area contributed by atoms with Crippen LogP contribution in [-0.4, -0.2) is 43.9 Å². The zero-order valence-corrected chi connectivity index (χ0v) is 15.5. The van der Waals surface area contributed by atoms with Gasteiger partial charge < -0.3 is 10.0 Å². The molecule has 5 heteroatoms. The van der Waals surface area contributed by atoms with Crippen LogP contribution >= 0.6 is 0 Å². The van der Waals surface area contributed by atoms with Gasteiger partial charge in [0.1, 0.15) is 0 Å². The Balaban J connectivity index is 1.81. The minimum Gasteiger partial charge on any atom is -0.388 e. The largest absolute Gasteiger partial charge is 0.388 e. The Hall–Kier alpha value is -2.14. The molecule has 0 spiro atoms. The Morgan fingerprint density at radius 1 is 1.32 bits per heavy atom. The molecule has 5 nitrogen and oxygen atoms in total. The topological polar surface area (TPSA) is 58.4 Å². The van der Waals surface area contributed by atoms with Gasteiger partial charge >= 0.3 is 0 Å². The third kappa shape index (κ3) is 3.76. The molecule has 2 aromatic rings. The van der Waals surface area contributed by atoms with Gasteiger partial charge in [0.15, 0.2) is 0 Å². The van der Waals surface area contributed by atoms with Gasteiger partial charge in [-0.05, 0) is 64.3 Å². The summed E-state index contributed by atoms with van der Waals surface area (Å²) < 4.78 is 1.95. The molecule has 1 aliphatic heterocycles. The summed E-state index contributed by atoms with van der Waals surface area (Å²) in [6.45, 7) is 8.93.